The normalized spacial score (nSPS) is 22.6. The van der Waals surface area contributed by atoms with Crippen LogP contribution in [0.5, 0.6) is 0 Å². The van der Waals surface area contributed by atoms with Crippen LogP contribution in [0.4, 0.5) is 4.79 Å². The number of carbonyl (C=O) groups is 3. The van der Waals surface area contributed by atoms with Gasteiger partial charge in [-0.2, -0.15) is 0 Å². The number of likely N-dealkylation sites (N-methyl/N-ethyl adjacent to an activating group) is 2. The minimum absolute atomic E-state index is 0.143. The van der Waals surface area contributed by atoms with Crippen molar-refractivity contribution in [2.24, 2.45) is 0 Å². The summed E-state index contributed by atoms with van der Waals surface area (Å²) in [5.41, 5.74) is 0.143. The van der Waals surface area contributed by atoms with Gasteiger partial charge in [-0.1, -0.05) is 0 Å². The number of urea groups is 1. The molecule has 0 aromatic carbocycles. The summed E-state index contributed by atoms with van der Waals surface area (Å²) in [6, 6.07) is -0.574. The predicted molar refractivity (Wildman–Crippen MR) is 67.5 cm³/mol. The number of thioether (sulfide) groups is 2. The Morgan fingerprint density at radius 3 is 1.88 bits per heavy atom. The maximum atomic E-state index is 12.0. The van der Waals surface area contributed by atoms with Crippen LogP contribution in [0.1, 0.15) is 6.42 Å². The molecule has 4 amide bonds. The van der Waals surface area contributed by atoms with E-state index in [2.05, 4.69) is 0 Å². The molecule has 0 unspecified atom stereocenters. The molecule has 5 nitrogen and oxygen atoms in total. The summed E-state index contributed by atoms with van der Waals surface area (Å²) < 4.78 is 0.748. The first-order valence-electron chi connectivity index (χ1n) is 5.14. The fourth-order valence-electron chi connectivity index (χ4n) is 1.57. The Balaban J connectivity index is 2.41. The number of hydrogen-bond acceptors (Lipinski definition) is 5. The van der Waals surface area contributed by atoms with E-state index in [-0.39, 0.29) is 5.57 Å². The second-order valence-corrected chi connectivity index (χ2v) is 6.19. The molecule has 2 aliphatic rings. The highest BCUT2D eigenvalue weighted by atomic mass is 32.2. The van der Waals surface area contributed by atoms with Gasteiger partial charge in [0.15, 0.2) is 0 Å². The van der Waals surface area contributed by atoms with Crippen molar-refractivity contribution in [1.29, 1.82) is 0 Å². The van der Waals surface area contributed by atoms with Crippen LogP contribution in [0, 0.1) is 0 Å². The van der Waals surface area contributed by atoms with Crippen LogP contribution in [0.25, 0.3) is 0 Å². The molecule has 2 heterocycles. The molecule has 0 aromatic rings. The van der Waals surface area contributed by atoms with Gasteiger partial charge in [0.25, 0.3) is 11.8 Å². The smallest absolute Gasteiger partial charge is 0.268 e. The predicted octanol–water partition coefficient (Wildman–Crippen LogP) is 1.12. The number of amides is 4. The molecular weight excluding hydrogens is 260 g/mol. The summed E-state index contributed by atoms with van der Waals surface area (Å²) in [5.74, 6) is 0.839. The molecule has 7 heteroatoms. The summed E-state index contributed by atoms with van der Waals surface area (Å²) in [5, 5.41) is 0. The number of hydrogen-bond donors (Lipinski definition) is 0. The quantitative estimate of drug-likeness (QED) is 0.488. The number of rotatable bonds is 0. The second-order valence-electron chi connectivity index (χ2n) is 3.72. The van der Waals surface area contributed by atoms with Gasteiger partial charge in [-0.3, -0.25) is 19.4 Å². The zero-order chi connectivity index (χ0) is 12.6. The van der Waals surface area contributed by atoms with Crippen LogP contribution in [0.15, 0.2) is 9.81 Å². The lowest BCUT2D eigenvalue weighted by Crippen LogP contribution is -2.53. The van der Waals surface area contributed by atoms with E-state index in [1.165, 1.54) is 37.6 Å². The summed E-state index contributed by atoms with van der Waals surface area (Å²) in [6.07, 6.45) is 1.07. The van der Waals surface area contributed by atoms with Crippen LogP contribution in [-0.4, -0.2) is 53.2 Å². The average molecular weight is 272 g/mol. The van der Waals surface area contributed by atoms with Crippen molar-refractivity contribution in [2.45, 2.75) is 6.42 Å². The molecule has 0 spiro atoms. The Kier molecular flexibility index (Phi) is 3.48. The van der Waals surface area contributed by atoms with Crippen molar-refractivity contribution in [3.63, 3.8) is 0 Å². The largest absolute Gasteiger partial charge is 0.333 e. The Morgan fingerprint density at radius 2 is 1.41 bits per heavy atom. The standard InChI is InChI=1S/C10H12N2O3S2/c1-11-7(13)6(8(14)12(2)10(11)15)9-16-4-3-5-17-9/h3-5H2,1-2H3. The molecule has 2 rings (SSSR count). The highest BCUT2D eigenvalue weighted by Crippen LogP contribution is 2.38. The van der Waals surface area contributed by atoms with Crippen molar-refractivity contribution in [3.8, 4) is 0 Å². The van der Waals surface area contributed by atoms with Gasteiger partial charge in [-0.15, -0.1) is 23.5 Å². The number of nitrogens with zero attached hydrogens (tertiary/aromatic N) is 2. The van der Waals surface area contributed by atoms with Gasteiger partial charge in [0, 0.05) is 14.1 Å². The minimum atomic E-state index is -0.574. The van der Waals surface area contributed by atoms with Crippen LogP contribution >= 0.6 is 23.5 Å². The highest BCUT2D eigenvalue weighted by Gasteiger charge is 2.40. The van der Waals surface area contributed by atoms with Crippen molar-refractivity contribution in [2.75, 3.05) is 25.6 Å². The Bertz CT molecular complexity index is 399. The van der Waals surface area contributed by atoms with Gasteiger partial charge < -0.3 is 0 Å². The van der Waals surface area contributed by atoms with Gasteiger partial charge >= 0.3 is 6.03 Å². The highest BCUT2D eigenvalue weighted by molar-refractivity contribution is 8.22. The molecule has 0 radical (unpaired) electrons. The monoisotopic (exact) mass is 272 g/mol. The van der Waals surface area contributed by atoms with Gasteiger partial charge in [0.05, 0.1) is 4.24 Å². The second kappa shape index (κ2) is 4.73. The van der Waals surface area contributed by atoms with Crippen molar-refractivity contribution in [3.05, 3.63) is 9.81 Å². The molecule has 0 atom stereocenters. The third-order valence-corrected chi connectivity index (χ3v) is 5.20. The fourth-order valence-corrected chi connectivity index (χ4v) is 4.18. The fraction of sp³-hybridized carbons (Fsp3) is 0.500. The summed E-state index contributed by atoms with van der Waals surface area (Å²) in [6.45, 7) is 0. The number of carbonyl (C=O) groups excluding carboxylic acids is 3. The number of imide groups is 2. The lowest BCUT2D eigenvalue weighted by atomic mass is 10.2. The molecular formula is C10H12N2O3S2. The molecule has 2 fully saturated rings. The summed E-state index contributed by atoms with van der Waals surface area (Å²) in [7, 11) is 2.79. The topological polar surface area (TPSA) is 57.7 Å². The van der Waals surface area contributed by atoms with E-state index in [0.29, 0.717) is 0 Å². The zero-order valence-electron chi connectivity index (χ0n) is 9.56. The Labute approximate surface area is 108 Å². The Hall–Kier alpha value is -0.950. The van der Waals surface area contributed by atoms with Gasteiger partial charge in [0.1, 0.15) is 5.57 Å². The van der Waals surface area contributed by atoms with Crippen molar-refractivity contribution in [1.82, 2.24) is 9.80 Å². The molecule has 17 heavy (non-hydrogen) atoms. The first kappa shape index (κ1) is 12.5. The van der Waals surface area contributed by atoms with E-state index in [0.717, 1.165) is 32.0 Å². The van der Waals surface area contributed by atoms with Crippen LogP contribution in [-0.2, 0) is 9.59 Å². The molecule has 0 aromatic heterocycles. The van der Waals surface area contributed by atoms with E-state index < -0.39 is 17.8 Å². The van der Waals surface area contributed by atoms with Crippen molar-refractivity contribution < 1.29 is 14.4 Å². The minimum Gasteiger partial charge on any atom is -0.268 e. The van der Waals surface area contributed by atoms with Crippen LogP contribution in [0.2, 0.25) is 0 Å². The zero-order valence-corrected chi connectivity index (χ0v) is 11.2. The maximum Gasteiger partial charge on any atom is 0.333 e. The molecule has 0 N–H and O–H groups in total. The van der Waals surface area contributed by atoms with E-state index in [1.807, 2.05) is 0 Å². The molecule has 0 saturated carbocycles. The maximum absolute atomic E-state index is 12.0. The van der Waals surface area contributed by atoms with Gasteiger partial charge in [0.2, 0.25) is 0 Å². The lowest BCUT2D eigenvalue weighted by Gasteiger charge is -2.30. The van der Waals surface area contributed by atoms with E-state index >= 15 is 0 Å². The van der Waals surface area contributed by atoms with E-state index in [1.54, 1.807) is 0 Å². The molecule has 2 saturated heterocycles. The summed E-state index contributed by atoms with van der Waals surface area (Å²) in [4.78, 5) is 37.4. The van der Waals surface area contributed by atoms with E-state index in [9.17, 15) is 14.4 Å². The third kappa shape index (κ3) is 2.09. The molecule has 92 valence electrons. The third-order valence-electron chi connectivity index (χ3n) is 2.57. The van der Waals surface area contributed by atoms with Crippen molar-refractivity contribution >= 4 is 41.4 Å². The Morgan fingerprint density at radius 1 is 0.941 bits per heavy atom. The lowest BCUT2D eigenvalue weighted by molar-refractivity contribution is -0.134. The number of barbiturate groups is 1. The molecule has 2 aliphatic heterocycles. The molecule has 0 aliphatic carbocycles. The van der Waals surface area contributed by atoms with Gasteiger partial charge in [-0.05, 0) is 17.9 Å². The first-order valence-corrected chi connectivity index (χ1v) is 7.11. The summed E-state index contributed by atoms with van der Waals surface area (Å²) >= 11 is 3.04. The molecule has 0 bridgehead atoms. The van der Waals surface area contributed by atoms with Crippen LogP contribution in [0.3, 0.4) is 0 Å². The average Bonchev–Trinajstić information content (AvgIpc) is 2.36. The van der Waals surface area contributed by atoms with E-state index in [4.69, 9.17) is 0 Å². The SMILES string of the molecule is CN1C(=O)C(=C2SCCCS2)C(=O)N(C)C1=O. The van der Waals surface area contributed by atoms with Crippen LogP contribution < -0.4 is 0 Å². The van der Waals surface area contributed by atoms with Gasteiger partial charge in [-0.25, -0.2) is 4.79 Å². The first-order chi connectivity index (χ1) is 8.04.